The van der Waals surface area contributed by atoms with E-state index in [1.165, 1.54) is 0 Å². The summed E-state index contributed by atoms with van der Waals surface area (Å²) in [7, 11) is 0. The average Bonchev–Trinajstić information content (AvgIpc) is 3.73. The molecule has 2 saturated carbocycles. The maximum atomic E-state index is 14.5. The summed E-state index contributed by atoms with van der Waals surface area (Å²) < 4.78 is 6.93. The summed E-state index contributed by atoms with van der Waals surface area (Å²) in [5.74, 6) is 0.917. The minimum absolute atomic E-state index is 0.0112. The van der Waals surface area contributed by atoms with E-state index in [0.717, 1.165) is 22.3 Å². The van der Waals surface area contributed by atoms with Crippen molar-refractivity contribution in [1.29, 1.82) is 0 Å². The van der Waals surface area contributed by atoms with Crippen LogP contribution in [0.1, 0.15) is 85.1 Å². The van der Waals surface area contributed by atoms with Gasteiger partial charge in [-0.1, -0.05) is 135 Å². The summed E-state index contributed by atoms with van der Waals surface area (Å²) in [6.45, 7) is 8.23. The van der Waals surface area contributed by atoms with Crippen molar-refractivity contribution in [2.24, 2.45) is 11.8 Å². The second-order valence-corrected chi connectivity index (χ2v) is 13.5. The molecular weight excluding hydrogens is 552 g/mol. The first-order valence-electron chi connectivity index (χ1n) is 16.2. The number of carbonyl (C=O) groups is 2. The van der Waals surface area contributed by atoms with Gasteiger partial charge in [0.25, 0.3) is 0 Å². The maximum absolute atomic E-state index is 14.5. The van der Waals surface area contributed by atoms with E-state index in [0.29, 0.717) is 11.5 Å². The normalized spacial score (nSPS) is 31.4. The van der Waals surface area contributed by atoms with Gasteiger partial charge in [0.05, 0.1) is 10.8 Å². The first kappa shape index (κ1) is 29.2. The molecule has 1 aromatic heterocycles. The topological polar surface area (TPSA) is 47.3 Å². The molecule has 2 fully saturated rings. The van der Waals surface area contributed by atoms with Crippen LogP contribution in [0.3, 0.4) is 0 Å². The Labute approximate surface area is 266 Å². The number of carbonyl (C=O) groups excluding carboxylic acids is 2. The molecule has 0 saturated heterocycles. The standard InChI is InChI=1S/C42H40O3/c1-27-35(29-17-9-5-10-18-29)37(31-21-13-7-14-22-31)41(3,39(27)43)33-25-26-34(45-33)42(4)38(32-23-15-8-16-24-32)36(28(2)40(42)44)30-19-11-6-12-20-30/h5-28,35-38H,1-4H3/t27-,28-,35+,36+,37+,38+,41+,42+/m0/s1. The fraction of sp³-hybridized carbons (Fsp3) is 0.286. The SMILES string of the molecule is C[C@@H]1C(=O)[C@](C)(c2ccc([C@@]3(C)C(=O)[C@@H](C)[C@H](c4ccccc4)[C@H]3c3ccccc3)o2)[C@H](c2ccccc2)[C@H]1c1ccccc1. The van der Waals surface area contributed by atoms with Gasteiger partial charge in [-0.2, -0.15) is 0 Å². The molecule has 0 unspecified atom stereocenters. The van der Waals surface area contributed by atoms with Gasteiger partial charge in [0.1, 0.15) is 23.1 Å². The molecule has 2 aliphatic carbocycles. The lowest BCUT2D eigenvalue weighted by Gasteiger charge is -2.34. The van der Waals surface area contributed by atoms with Crippen LogP contribution in [0.4, 0.5) is 0 Å². The fourth-order valence-electron chi connectivity index (χ4n) is 9.03. The van der Waals surface area contributed by atoms with Gasteiger partial charge in [-0.05, 0) is 48.2 Å². The molecule has 3 nitrogen and oxygen atoms in total. The van der Waals surface area contributed by atoms with Crippen LogP contribution in [0.2, 0.25) is 0 Å². The van der Waals surface area contributed by atoms with Crippen molar-refractivity contribution in [2.45, 2.75) is 62.2 Å². The van der Waals surface area contributed by atoms with Crippen molar-refractivity contribution in [3.63, 3.8) is 0 Å². The van der Waals surface area contributed by atoms with E-state index in [1.54, 1.807) is 0 Å². The Morgan fingerprint density at radius 2 is 0.733 bits per heavy atom. The smallest absolute Gasteiger partial charge is 0.150 e. The summed E-state index contributed by atoms with van der Waals surface area (Å²) in [5, 5.41) is 0. The van der Waals surface area contributed by atoms with Gasteiger partial charge in [0.15, 0.2) is 0 Å². The minimum atomic E-state index is -0.912. The van der Waals surface area contributed by atoms with Crippen molar-refractivity contribution in [1.82, 2.24) is 0 Å². The molecule has 0 amide bonds. The van der Waals surface area contributed by atoms with E-state index in [1.807, 2.05) is 60.7 Å². The zero-order valence-electron chi connectivity index (χ0n) is 26.4. The number of hydrogen-bond donors (Lipinski definition) is 0. The Morgan fingerprint density at radius 3 is 1.04 bits per heavy atom. The van der Waals surface area contributed by atoms with Crippen molar-refractivity contribution >= 4 is 11.6 Å². The Morgan fingerprint density at radius 1 is 0.444 bits per heavy atom. The molecule has 0 radical (unpaired) electrons. The number of benzene rings is 4. The number of ketones is 2. The van der Waals surface area contributed by atoms with Crippen LogP contribution in [0.5, 0.6) is 0 Å². The lowest BCUT2D eigenvalue weighted by atomic mass is 9.69. The highest BCUT2D eigenvalue weighted by atomic mass is 16.3. The molecule has 226 valence electrons. The molecule has 5 aromatic rings. The predicted molar refractivity (Wildman–Crippen MR) is 178 cm³/mol. The first-order chi connectivity index (χ1) is 21.8. The van der Waals surface area contributed by atoms with E-state index < -0.39 is 10.8 Å². The Kier molecular flexibility index (Phi) is 7.23. The fourth-order valence-corrected chi connectivity index (χ4v) is 9.03. The molecule has 4 aromatic carbocycles. The van der Waals surface area contributed by atoms with Crippen LogP contribution in [0, 0.1) is 11.8 Å². The van der Waals surface area contributed by atoms with E-state index in [9.17, 15) is 9.59 Å². The highest BCUT2D eigenvalue weighted by Crippen LogP contribution is 2.61. The van der Waals surface area contributed by atoms with E-state index in [2.05, 4.69) is 100 Å². The highest BCUT2D eigenvalue weighted by molar-refractivity contribution is 5.97. The number of furan rings is 1. The number of rotatable bonds is 6. The van der Waals surface area contributed by atoms with Crippen LogP contribution in [0.25, 0.3) is 0 Å². The molecule has 2 aliphatic rings. The maximum Gasteiger partial charge on any atom is 0.150 e. The van der Waals surface area contributed by atoms with E-state index in [4.69, 9.17) is 4.42 Å². The summed E-state index contributed by atoms with van der Waals surface area (Å²) >= 11 is 0. The molecule has 8 atom stereocenters. The van der Waals surface area contributed by atoms with Crippen LogP contribution in [-0.4, -0.2) is 11.6 Å². The third-order valence-corrected chi connectivity index (χ3v) is 11.2. The zero-order valence-corrected chi connectivity index (χ0v) is 26.4. The van der Waals surface area contributed by atoms with Gasteiger partial charge >= 0.3 is 0 Å². The monoisotopic (exact) mass is 592 g/mol. The number of hydrogen-bond acceptors (Lipinski definition) is 3. The third kappa shape index (κ3) is 4.39. The first-order valence-corrected chi connectivity index (χ1v) is 16.2. The Hall–Kier alpha value is -4.50. The molecular formula is C42H40O3. The molecule has 0 bridgehead atoms. The number of Topliss-reactive ketones (excluding diaryl/α,β-unsaturated/α-hetero) is 2. The molecule has 0 aliphatic heterocycles. The Balaban J connectivity index is 1.38. The summed E-state index contributed by atoms with van der Waals surface area (Å²) in [4.78, 5) is 29.0. The third-order valence-electron chi connectivity index (χ3n) is 11.2. The predicted octanol–water partition coefficient (Wildman–Crippen LogP) is 9.37. The van der Waals surface area contributed by atoms with Crippen LogP contribution in [0.15, 0.2) is 138 Å². The van der Waals surface area contributed by atoms with Crippen molar-refractivity contribution < 1.29 is 14.0 Å². The van der Waals surface area contributed by atoms with Gasteiger partial charge in [-0.25, -0.2) is 0 Å². The highest BCUT2D eigenvalue weighted by Gasteiger charge is 2.62. The molecule has 1 heterocycles. The summed E-state index contributed by atoms with van der Waals surface area (Å²) in [6, 6.07) is 45.5. The summed E-state index contributed by atoms with van der Waals surface area (Å²) in [5.41, 5.74) is 2.72. The van der Waals surface area contributed by atoms with E-state index >= 15 is 0 Å². The van der Waals surface area contributed by atoms with Gasteiger partial charge in [0.2, 0.25) is 0 Å². The van der Waals surface area contributed by atoms with Gasteiger partial charge in [-0.3, -0.25) is 9.59 Å². The van der Waals surface area contributed by atoms with Crippen LogP contribution >= 0.6 is 0 Å². The lowest BCUT2D eigenvalue weighted by Crippen LogP contribution is -2.35. The van der Waals surface area contributed by atoms with Gasteiger partial charge in [-0.15, -0.1) is 0 Å². The van der Waals surface area contributed by atoms with E-state index in [-0.39, 0.29) is 47.1 Å². The zero-order chi connectivity index (χ0) is 31.3. The van der Waals surface area contributed by atoms with Crippen molar-refractivity contribution in [3.05, 3.63) is 167 Å². The molecule has 45 heavy (non-hydrogen) atoms. The summed E-state index contributed by atoms with van der Waals surface area (Å²) in [6.07, 6.45) is 0. The largest absolute Gasteiger partial charge is 0.464 e. The molecule has 0 spiro atoms. The van der Waals surface area contributed by atoms with Gasteiger partial charge in [0, 0.05) is 35.5 Å². The molecule has 0 N–H and O–H groups in total. The Bertz CT molecular complexity index is 1680. The quantitative estimate of drug-likeness (QED) is 0.197. The second-order valence-electron chi connectivity index (χ2n) is 13.5. The van der Waals surface area contributed by atoms with Gasteiger partial charge < -0.3 is 4.42 Å². The van der Waals surface area contributed by atoms with Crippen LogP contribution < -0.4 is 0 Å². The molecule has 3 heteroatoms. The van der Waals surface area contributed by atoms with Crippen LogP contribution in [-0.2, 0) is 20.4 Å². The van der Waals surface area contributed by atoms with Crippen molar-refractivity contribution in [2.75, 3.05) is 0 Å². The second kappa shape index (κ2) is 11.1. The minimum Gasteiger partial charge on any atom is -0.464 e. The lowest BCUT2D eigenvalue weighted by molar-refractivity contribution is -0.125. The average molecular weight is 593 g/mol. The van der Waals surface area contributed by atoms with Crippen molar-refractivity contribution in [3.8, 4) is 0 Å². The molecule has 7 rings (SSSR count).